The van der Waals surface area contributed by atoms with Crippen molar-refractivity contribution in [2.45, 2.75) is 18.9 Å². The van der Waals surface area contributed by atoms with Gasteiger partial charge in [0, 0.05) is 43.8 Å². The van der Waals surface area contributed by atoms with Gasteiger partial charge in [0.2, 0.25) is 0 Å². The fourth-order valence-corrected chi connectivity index (χ4v) is 3.47. The van der Waals surface area contributed by atoms with Crippen LogP contribution in [0.15, 0.2) is 65.3 Å². The van der Waals surface area contributed by atoms with Crippen LogP contribution in [0.4, 0.5) is 14.5 Å². The zero-order valence-electron chi connectivity index (χ0n) is 17.6. The van der Waals surface area contributed by atoms with Crippen molar-refractivity contribution in [3.8, 4) is 11.5 Å². The van der Waals surface area contributed by atoms with E-state index in [0.717, 1.165) is 12.1 Å². The van der Waals surface area contributed by atoms with Crippen LogP contribution in [-0.4, -0.2) is 42.5 Å². The first kappa shape index (κ1) is 22.3. The quantitative estimate of drug-likeness (QED) is 0.575. The molecule has 3 aromatic rings. The van der Waals surface area contributed by atoms with Gasteiger partial charge in [0.15, 0.2) is 23.9 Å². The molecule has 0 spiro atoms. The maximum absolute atomic E-state index is 13.8. The molecule has 2 heterocycles. The molecule has 9 heteroatoms. The second kappa shape index (κ2) is 10.2. The standard InChI is InChI=1S/C24H22F2N2O5/c25-16-6-7-21(20(26)13-16)33-18-8-10-28(11-9-18)23(29)15-32-19-4-1-3-17(14-19)27-24(30)22-5-2-12-31-22/h1-7,12-14,18H,8-11,15H2,(H,27,30). The number of rotatable bonds is 7. The molecule has 1 aromatic heterocycles. The summed E-state index contributed by atoms with van der Waals surface area (Å²) < 4.78 is 43.1. The van der Waals surface area contributed by atoms with Gasteiger partial charge in [-0.25, -0.2) is 8.78 Å². The lowest BCUT2D eigenvalue weighted by molar-refractivity contribution is -0.135. The molecule has 4 rings (SSSR count). The van der Waals surface area contributed by atoms with E-state index in [1.165, 1.54) is 12.3 Å². The molecule has 0 radical (unpaired) electrons. The van der Waals surface area contributed by atoms with Crippen LogP contribution in [0.25, 0.3) is 0 Å². The minimum atomic E-state index is -0.746. The van der Waals surface area contributed by atoms with Crippen molar-refractivity contribution in [2.75, 3.05) is 25.0 Å². The Morgan fingerprint density at radius 3 is 2.61 bits per heavy atom. The average Bonchev–Trinajstić information content (AvgIpc) is 3.35. The molecule has 0 atom stereocenters. The Kier molecular flexibility index (Phi) is 6.87. The Hall–Kier alpha value is -3.88. The van der Waals surface area contributed by atoms with Gasteiger partial charge in [-0.15, -0.1) is 0 Å². The third-order valence-corrected chi connectivity index (χ3v) is 5.18. The van der Waals surface area contributed by atoms with Crippen LogP contribution >= 0.6 is 0 Å². The fourth-order valence-electron chi connectivity index (χ4n) is 3.47. The van der Waals surface area contributed by atoms with Gasteiger partial charge in [0.05, 0.1) is 6.26 Å². The van der Waals surface area contributed by atoms with Crippen molar-refractivity contribution < 1.29 is 32.3 Å². The fraction of sp³-hybridized carbons (Fsp3) is 0.250. The first-order valence-corrected chi connectivity index (χ1v) is 10.4. The van der Waals surface area contributed by atoms with Gasteiger partial charge in [-0.3, -0.25) is 9.59 Å². The highest BCUT2D eigenvalue weighted by Gasteiger charge is 2.25. The summed E-state index contributed by atoms with van der Waals surface area (Å²) in [5.74, 6) is -1.36. The van der Waals surface area contributed by atoms with Crippen molar-refractivity contribution in [1.29, 1.82) is 0 Å². The number of piperidine rings is 1. The highest BCUT2D eigenvalue weighted by Crippen LogP contribution is 2.23. The SMILES string of the molecule is O=C(Nc1cccc(OCC(=O)N2CCC(Oc3ccc(F)cc3F)CC2)c1)c1ccco1. The Labute approximate surface area is 188 Å². The number of nitrogens with zero attached hydrogens (tertiary/aromatic N) is 1. The molecule has 2 amide bonds. The molecule has 1 saturated heterocycles. The highest BCUT2D eigenvalue weighted by atomic mass is 19.1. The first-order chi connectivity index (χ1) is 16.0. The molecular formula is C24H22F2N2O5. The molecule has 0 aliphatic carbocycles. The van der Waals surface area contributed by atoms with E-state index in [0.29, 0.717) is 37.4 Å². The number of nitrogens with one attached hydrogen (secondary N) is 1. The third kappa shape index (κ3) is 5.88. The largest absolute Gasteiger partial charge is 0.487 e. The zero-order chi connectivity index (χ0) is 23.2. The summed E-state index contributed by atoms with van der Waals surface area (Å²) in [6.07, 6.45) is 2.20. The van der Waals surface area contributed by atoms with E-state index in [2.05, 4.69) is 5.32 Å². The third-order valence-electron chi connectivity index (χ3n) is 5.18. The van der Waals surface area contributed by atoms with Crippen molar-refractivity contribution >= 4 is 17.5 Å². The van der Waals surface area contributed by atoms with Crippen LogP contribution in [0, 0.1) is 11.6 Å². The van der Waals surface area contributed by atoms with E-state index < -0.39 is 11.6 Å². The van der Waals surface area contributed by atoms with Gasteiger partial charge in [0.1, 0.15) is 17.7 Å². The summed E-state index contributed by atoms with van der Waals surface area (Å²) in [6, 6.07) is 13.1. The van der Waals surface area contributed by atoms with E-state index in [4.69, 9.17) is 13.9 Å². The zero-order valence-corrected chi connectivity index (χ0v) is 17.6. The van der Waals surface area contributed by atoms with Crippen molar-refractivity contribution in [3.05, 3.63) is 78.3 Å². The Bertz CT molecular complexity index is 1110. The topological polar surface area (TPSA) is 81.0 Å². The average molecular weight is 456 g/mol. The number of carbonyl (C=O) groups is 2. The summed E-state index contributed by atoms with van der Waals surface area (Å²) >= 11 is 0. The molecular weight excluding hydrogens is 434 g/mol. The summed E-state index contributed by atoms with van der Waals surface area (Å²) in [7, 11) is 0. The molecule has 0 saturated carbocycles. The molecule has 0 unspecified atom stereocenters. The van der Waals surface area contributed by atoms with Crippen molar-refractivity contribution in [3.63, 3.8) is 0 Å². The minimum absolute atomic E-state index is 0.00327. The van der Waals surface area contributed by atoms with E-state index in [1.54, 1.807) is 41.3 Å². The lowest BCUT2D eigenvalue weighted by Crippen LogP contribution is -2.43. The first-order valence-electron chi connectivity index (χ1n) is 10.4. The van der Waals surface area contributed by atoms with E-state index >= 15 is 0 Å². The van der Waals surface area contributed by atoms with Crippen molar-refractivity contribution in [1.82, 2.24) is 4.90 Å². The summed E-state index contributed by atoms with van der Waals surface area (Å²) in [4.78, 5) is 26.3. The second-order valence-corrected chi connectivity index (χ2v) is 7.52. The molecule has 0 bridgehead atoms. The van der Waals surface area contributed by atoms with Crippen LogP contribution in [-0.2, 0) is 4.79 Å². The normalized spacial score (nSPS) is 14.1. The smallest absolute Gasteiger partial charge is 0.291 e. The van der Waals surface area contributed by atoms with E-state index in [1.807, 2.05) is 0 Å². The number of halogens is 2. The molecule has 33 heavy (non-hydrogen) atoms. The Morgan fingerprint density at radius 2 is 1.88 bits per heavy atom. The van der Waals surface area contributed by atoms with Crippen molar-refractivity contribution in [2.24, 2.45) is 0 Å². The van der Waals surface area contributed by atoms with Gasteiger partial charge in [-0.2, -0.15) is 0 Å². The maximum Gasteiger partial charge on any atom is 0.291 e. The van der Waals surface area contributed by atoms with Gasteiger partial charge in [-0.05, 0) is 36.4 Å². The minimum Gasteiger partial charge on any atom is -0.487 e. The van der Waals surface area contributed by atoms with E-state index in [-0.39, 0.29) is 36.0 Å². The van der Waals surface area contributed by atoms with Gasteiger partial charge < -0.3 is 24.1 Å². The lowest BCUT2D eigenvalue weighted by atomic mass is 10.1. The predicted octanol–water partition coefficient (Wildman–Crippen LogP) is 4.26. The number of carbonyl (C=O) groups excluding carboxylic acids is 2. The second-order valence-electron chi connectivity index (χ2n) is 7.52. The lowest BCUT2D eigenvalue weighted by Gasteiger charge is -2.32. The van der Waals surface area contributed by atoms with Gasteiger partial charge in [-0.1, -0.05) is 6.07 Å². The summed E-state index contributed by atoms with van der Waals surface area (Å²) in [6.45, 7) is 0.720. The van der Waals surface area contributed by atoms with Crippen LogP contribution in [0.3, 0.4) is 0 Å². The molecule has 7 nitrogen and oxygen atoms in total. The number of likely N-dealkylation sites (tertiary alicyclic amines) is 1. The maximum atomic E-state index is 13.8. The molecule has 1 aliphatic rings. The highest BCUT2D eigenvalue weighted by molar-refractivity contribution is 6.02. The molecule has 1 aliphatic heterocycles. The number of amides is 2. The monoisotopic (exact) mass is 456 g/mol. The Balaban J connectivity index is 1.24. The molecule has 2 aromatic carbocycles. The van der Waals surface area contributed by atoms with Crippen LogP contribution in [0.5, 0.6) is 11.5 Å². The van der Waals surface area contributed by atoms with Crippen LogP contribution in [0.2, 0.25) is 0 Å². The van der Waals surface area contributed by atoms with Crippen LogP contribution in [0.1, 0.15) is 23.4 Å². The summed E-state index contributed by atoms with van der Waals surface area (Å²) in [5.41, 5.74) is 0.507. The van der Waals surface area contributed by atoms with Crippen LogP contribution < -0.4 is 14.8 Å². The van der Waals surface area contributed by atoms with Gasteiger partial charge in [0.25, 0.3) is 11.8 Å². The number of benzene rings is 2. The Morgan fingerprint density at radius 1 is 1.06 bits per heavy atom. The molecule has 172 valence electrons. The number of hydrogen-bond acceptors (Lipinski definition) is 5. The van der Waals surface area contributed by atoms with E-state index in [9.17, 15) is 18.4 Å². The molecule has 1 fully saturated rings. The molecule has 1 N–H and O–H groups in total. The number of ether oxygens (including phenoxy) is 2. The van der Waals surface area contributed by atoms with Gasteiger partial charge >= 0.3 is 0 Å². The predicted molar refractivity (Wildman–Crippen MR) is 115 cm³/mol. The number of furan rings is 1. The number of anilines is 1. The summed E-state index contributed by atoms with van der Waals surface area (Å²) in [5, 5.41) is 2.70. The number of hydrogen-bond donors (Lipinski definition) is 1.